The Morgan fingerprint density at radius 1 is 1.54 bits per heavy atom. The highest BCUT2D eigenvalue weighted by Gasteiger charge is 2.17. The number of rotatable bonds is 8. The van der Waals surface area contributed by atoms with Crippen LogP contribution in [0.4, 0.5) is 5.13 Å². The van der Waals surface area contributed by atoms with Crippen molar-refractivity contribution >= 4 is 45.9 Å². The molecule has 0 aromatic carbocycles. The Morgan fingerprint density at radius 3 is 3.12 bits per heavy atom. The first kappa shape index (κ1) is 18.7. The van der Waals surface area contributed by atoms with Gasteiger partial charge in [0.2, 0.25) is 5.91 Å². The Morgan fingerprint density at radius 2 is 2.38 bits per heavy atom. The summed E-state index contributed by atoms with van der Waals surface area (Å²) in [5, 5.41) is 12.6. The maximum Gasteiger partial charge on any atom is 0.226 e. The number of nitrogens with one attached hydrogen (secondary N) is 2. The number of hydrogen-bond donors (Lipinski definition) is 2. The minimum absolute atomic E-state index is 0.0215. The van der Waals surface area contributed by atoms with Crippen molar-refractivity contribution in [3.05, 3.63) is 45.5 Å². The van der Waals surface area contributed by atoms with Gasteiger partial charge in [0.1, 0.15) is 0 Å². The van der Waals surface area contributed by atoms with Crippen LogP contribution in [0.25, 0.3) is 10.7 Å². The van der Waals surface area contributed by atoms with Gasteiger partial charge in [-0.1, -0.05) is 23.5 Å². The summed E-state index contributed by atoms with van der Waals surface area (Å²) < 4.78 is 2.39. The number of thiophene rings is 1. The van der Waals surface area contributed by atoms with Gasteiger partial charge in [0.25, 0.3) is 0 Å². The van der Waals surface area contributed by atoms with E-state index in [2.05, 4.69) is 38.5 Å². The molecule has 1 amide bonds. The van der Waals surface area contributed by atoms with E-state index in [1.807, 2.05) is 17.6 Å². The van der Waals surface area contributed by atoms with Crippen LogP contribution in [0, 0.1) is 11.7 Å². The van der Waals surface area contributed by atoms with Crippen molar-refractivity contribution in [2.24, 2.45) is 0 Å². The van der Waals surface area contributed by atoms with E-state index >= 15 is 0 Å². The number of amides is 1. The fraction of sp³-hybridized carbons (Fsp3) is 0.294. The molecule has 0 bridgehead atoms. The van der Waals surface area contributed by atoms with Crippen LogP contribution >= 0.6 is 34.9 Å². The topological polar surface area (TPSA) is 75.6 Å². The third kappa shape index (κ3) is 4.35. The molecule has 0 aliphatic carbocycles. The fourth-order valence-electron chi connectivity index (χ4n) is 2.51. The lowest BCUT2D eigenvalue weighted by Gasteiger charge is -2.02. The fourth-order valence-corrected chi connectivity index (χ4v) is 4.45. The van der Waals surface area contributed by atoms with E-state index in [4.69, 9.17) is 12.2 Å². The van der Waals surface area contributed by atoms with Crippen LogP contribution in [0.3, 0.4) is 0 Å². The van der Waals surface area contributed by atoms with Gasteiger partial charge in [-0.25, -0.2) is 4.98 Å². The second-order valence-corrected chi connectivity index (χ2v) is 8.08. The van der Waals surface area contributed by atoms with Crippen LogP contribution in [0.1, 0.15) is 23.4 Å². The number of carbonyl (C=O) groups excluding carboxylic acids is 1. The summed E-state index contributed by atoms with van der Waals surface area (Å²) >= 11 is 8.37. The summed E-state index contributed by atoms with van der Waals surface area (Å²) in [7, 11) is 0. The summed E-state index contributed by atoms with van der Waals surface area (Å²) in [4.78, 5) is 18.8. The summed E-state index contributed by atoms with van der Waals surface area (Å²) in [6.07, 6.45) is 3.98. The second kappa shape index (κ2) is 8.52. The molecular formula is C17H19N5OS3. The molecular weight excluding hydrogens is 386 g/mol. The van der Waals surface area contributed by atoms with E-state index in [9.17, 15) is 4.79 Å². The summed E-state index contributed by atoms with van der Waals surface area (Å²) in [6.45, 7) is 6.21. The van der Waals surface area contributed by atoms with Gasteiger partial charge in [0.05, 0.1) is 10.6 Å². The Balaban J connectivity index is 1.65. The number of allylic oxidation sites excluding steroid dienone is 1. The standard InChI is InChI=1S/C17H19N5OS3/c1-3-9-22-15(20-21-17(22)24)14-11(2)18-16(26-14)19-13(23)8-4-6-12-7-5-10-25-12/h3,5,7,10H,1,4,6,8-9H2,2H3,(H,21,24)(H,18,19,23). The zero-order chi connectivity index (χ0) is 18.5. The van der Waals surface area contributed by atoms with Crippen LogP contribution in [-0.4, -0.2) is 25.7 Å². The van der Waals surface area contributed by atoms with E-state index in [-0.39, 0.29) is 5.91 Å². The molecule has 136 valence electrons. The summed E-state index contributed by atoms with van der Waals surface area (Å²) in [5.41, 5.74) is 0.809. The van der Waals surface area contributed by atoms with E-state index < -0.39 is 0 Å². The zero-order valence-electron chi connectivity index (χ0n) is 14.3. The lowest BCUT2D eigenvalue weighted by Crippen LogP contribution is -2.11. The number of carbonyl (C=O) groups is 1. The van der Waals surface area contributed by atoms with Crippen LogP contribution < -0.4 is 5.32 Å². The molecule has 3 aromatic rings. The molecule has 2 N–H and O–H groups in total. The second-order valence-electron chi connectivity index (χ2n) is 5.67. The van der Waals surface area contributed by atoms with E-state index in [1.165, 1.54) is 16.2 Å². The van der Waals surface area contributed by atoms with Gasteiger partial charge in [-0.05, 0) is 43.4 Å². The summed E-state index contributed by atoms with van der Waals surface area (Å²) in [6, 6.07) is 4.12. The Bertz CT molecular complexity index is 952. The molecule has 0 saturated carbocycles. The zero-order valence-corrected chi connectivity index (χ0v) is 16.8. The van der Waals surface area contributed by atoms with Gasteiger partial charge < -0.3 is 5.32 Å². The molecule has 0 fully saturated rings. The van der Waals surface area contributed by atoms with Crippen molar-refractivity contribution in [1.29, 1.82) is 0 Å². The SMILES string of the molecule is C=CCn1c(-c2sc(NC(=O)CCCc3cccs3)nc2C)n[nH]c1=S. The number of aromatic nitrogens is 4. The van der Waals surface area contributed by atoms with Gasteiger partial charge in [-0.3, -0.25) is 14.5 Å². The van der Waals surface area contributed by atoms with Gasteiger partial charge in [-0.2, -0.15) is 5.10 Å². The lowest BCUT2D eigenvalue weighted by atomic mass is 10.2. The average Bonchev–Trinajstić information content (AvgIpc) is 3.31. The van der Waals surface area contributed by atoms with Crippen LogP contribution in [-0.2, 0) is 17.8 Å². The van der Waals surface area contributed by atoms with Gasteiger partial charge in [0.15, 0.2) is 15.7 Å². The van der Waals surface area contributed by atoms with Crippen molar-refractivity contribution in [3.63, 3.8) is 0 Å². The van der Waals surface area contributed by atoms with Crippen molar-refractivity contribution in [2.45, 2.75) is 32.7 Å². The van der Waals surface area contributed by atoms with Crippen molar-refractivity contribution in [2.75, 3.05) is 5.32 Å². The minimum Gasteiger partial charge on any atom is -0.302 e. The smallest absolute Gasteiger partial charge is 0.226 e. The first-order valence-corrected chi connectivity index (χ1v) is 10.2. The Kier molecular flexibility index (Phi) is 6.12. The largest absolute Gasteiger partial charge is 0.302 e. The molecule has 0 unspecified atom stereocenters. The molecule has 6 nitrogen and oxygen atoms in total. The number of hydrogen-bond acceptors (Lipinski definition) is 6. The highest BCUT2D eigenvalue weighted by Crippen LogP contribution is 2.31. The molecule has 0 aliphatic heterocycles. The molecule has 3 rings (SSSR count). The maximum atomic E-state index is 12.2. The van der Waals surface area contributed by atoms with Crippen molar-refractivity contribution < 1.29 is 4.79 Å². The van der Waals surface area contributed by atoms with E-state index in [1.54, 1.807) is 17.4 Å². The number of nitrogens with zero attached hydrogens (tertiary/aromatic N) is 3. The number of aryl methyl sites for hydroxylation is 2. The Hall–Kier alpha value is -2.10. The molecule has 0 aliphatic rings. The predicted octanol–water partition coefficient (Wildman–Crippen LogP) is 4.58. The predicted molar refractivity (Wildman–Crippen MR) is 109 cm³/mol. The molecule has 9 heteroatoms. The third-order valence-electron chi connectivity index (χ3n) is 3.72. The molecule has 0 spiro atoms. The molecule has 0 radical (unpaired) electrons. The van der Waals surface area contributed by atoms with E-state index in [0.717, 1.165) is 23.4 Å². The first-order valence-electron chi connectivity index (χ1n) is 8.14. The molecule has 0 atom stereocenters. The highest BCUT2D eigenvalue weighted by atomic mass is 32.1. The number of anilines is 1. The lowest BCUT2D eigenvalue weighted by molar-refractivity contribution is -0.116. The minimum atomic E-state index is -0.0215. The molecule has 3 heterocycles. The summed E-state index contributed by atoms with van der Waals surface area (Å²) in [5.74, 6) is 0.690. The number of aromatic amines is 1. The normalized spacial score (nSPS) is 10.8. The number of H-pyrrole nitrogens is 1. The van der Waals surface area contributed by atoms with Gasteiger partial charge >= 0.3 is 0 Å². The van der Waals surface area contributed by atoms with Gasteiger partial charge in [-0.15, -0.1) is 17.9 Å². The van der Waals surface area contributed by atoms with Crippen molar-refractivity contribution in [3.8, 4) is 10.7 Å². The molecule has 3 aromatic heterocycles. The van der Waals surface area contributed by atoms with Crippen molar-refractivity contribution in [1.82, 2.24) is 19.7 Å². The highest BCUT2D eigenvalue weighted by molar-refractivity contribution is 7.71. The van der Waals surface area contributed by atoms with Gasteiger partial charge in [0, 0.05) is 17.8 Å². The average molecular weight is 406 g/mol. The molecule has 26 heavy (non-hydrogen) atoms. The maximum absolute atomic E-state index is 12.2. The van der Waals surface area contributed by atoms with Crippen LogP contribution in [0.15, 0.2) is 30.2 Å². The Labute approximate surface area is 164 Å². The third-order valence-corrected chi connectivity index (χ3v) is 6.04. The molecule has 0 saturated heterocycles. The monoisotopic (exact) mass is 405 g/mol. The van der Waals surface area contributed by atoms with E-state index in [0.29, 0.717) is 28.7 Å². The van der Waals surface area contributed by atoms with Crippen LogP contribution in [0.5, 0.6) is 0 Å². The van der Waals surface area contributed by atoms with Crippen LogP contribution in [0.2, 0.25) is 0 Å². The number of thiazole rings is 1. The first-order chi connectivity index (χ1) is 12.6. The quantitative estimate of drug-likeness (QED) is 0.425.